The number of nitrogens with one attached hydrogen (secondary N) is 1. The molecule has 1 aliphatic carbocycles. The highest BCUT2D eigenvalue weighted by Crippen LogP contribution is 2.34. The van der Waals surface area contributed by atoms with Crippen LogP contribution in [0.5, 0.6) is 0 Å². The van der Waals surface area contributed by atoms with Crippen LogP contribution in [0.2, 0.25) is 0 Å². The van der Waals surface area contributed by atoms with Crippen molar-refractivity contribution >= 4 is 11.3 Å². The Morgan fingerprint density at radius 1 is 1.30 bits per heavy atom. The van der Waals surface area contributed by atoms with Gasteiger partial charge in [-0.3, -0.25) is 0 Å². The molecule has 106 valence electrons. The second-order valence-corrected chi connectivity index (χ2v) is 6.56. The lowest BCUT2D eigenvalue weighted by molar-refractivity contribution is 0.554. The van der Waals surface area contributed by atoms with Crippen LogP contribution in [-0.2, 0) is 19.3 Å². The van der Waals surface area contributed by atoms with E-state index in [0.717, 1.165) is 18.5 Å². The lowest BCUT2D eigenvalue weighted by Gasteiger charge is -2.16. The maximum atomic E-state index is 13.3. The average molecular weight is 289 g/mol. The molecule has 1 unspecified atom stereocenters. The van der Waals surface area contributed by atoms with Gasteiger partial charge in [0.15, 0.2) is 0 Å². The van der Waals surface area contributed by atoms with Gasteiger partial charge in [0, 0.05) is 15.8 Å². The van der Waals surface area contributed by atoms with Crippen molar-refractivity contribution in [1.29, 1.82) is 0 Å². The van der Waals surface area contributed by atoms with Gasteiger partial charge in [-0.15, -0.1) is 11.3 Å². The van der Waals surface area contributed by atoms with Crippen LogP contribution in [0.4, 0.5) is 4.39 Å². The highest BCUT2D eigenvalue weighted by atomic mass is 32.1. The van der Waals surface area contributed by atoms with Crippen molar-refractivity contribution in [2.24, 2.45) is 0 Å². The number of hydrogen-bond acceptors (Lipinski definition) is 2. The molecule has 0 saturated heterocycles. The number of rotatable bonds is 5. The summed E-state index contributed by atoms with van der Waals surface area (Å²) >= 11 is 1.94. The summed E-state index contributed by atoms with van der Waals surface area (Å²) in [6.07, 6.45) is 4.62. The molecular formula is C17H20FNS. The van der Waals surface area contributed by atoms with Crippen LogP contribution in [0.3, 0.4) is 0 Å². The fourth-order valence-electron chi connectivity index (χ4n) is 2.94. The van der Waals surface area contributed by atoms with Crippen LogP contribution >= 0.6 is 11.3 Å². The summed E-state index contributed by atoms with van der Waals surface area (Å²) in [6, 6.07) is 9.62. The first-order chi connectivity index (χ1) is 9.76. The number of halogens is 1. The monoisotopic (exact) mass is 289 g/mol. The summed E-state index contributed by atoms with van der Waals surface area (Å²) < 4.78 is 13.3. The number of fused-ring (bicyclic) bond motifs is 1. The largest absolute Gasteiger partial charge is 0.309 e. The van der Waals surface area contributed by atoms with E-state index in [2.05, 4.69) is 18.3 Å². The average Bonchev–Trinajstić information content (AvgIpc) is 2.99. The molecule has 1 heterocycles. The normalized spacial score (nSPS) is 15.3. The van der Waals surface area contributed by atoms with Gasteiger partial charge in [-0.05, 0) is 61.6 Å². The first-order valence-electron chi connectivity index (χ1n) is 7.35. The third-order valence-electron chi connectivity index (χ3n) is 3.89. The van der Waals surface area contributed by atoms with Gasteiger partial charge < -0.3 is 5.32 Å². The molecule has 0 amide bonds. The molecule has 1 aliphatic rings. The van der Waals surface area contributed by atoms with E-state index in [-0.39, 0.29) is 5.82 Å². The SMILES string of the molecule is CCNC(Cc1cccc(F)c1)c1cc2c(s1)CCC2. The van der Waals surface area contributed by atoms with Gasteiger partial charge in [0.2, 0.25) is 0 Å². The van der Waals surface area contributed by atoms with Crippen LogP contribution in [0.1, 0.15) is 40.3 Å². The molecule has 0 radical (unpaired) electrons. The number of aryl methyl sites for hydroxylation is 2. The maximum absolute atomic E-state index is 13.3. The summed E-state index contributed by atoms with van der Waals surface area (Å²) in [5.74, 6) is -0.147. The fourth-order valence-corrected chi connectivity index (χ4v) is 4.28. The van der Waals surface area contributed by atoms with Crippen molar-refractivity contribution in [3.63, 3.8) is 0 Å². The highest BCUT2D eigenvalue weighted by molar-refractivity contribution is 7.12. The third kappa shape index (κ3) is 2.94. The summed E-state index contributed by atoms with van der Waals surface area (Å²) in [5.41, 5.74) is 2.59. The van der Waals surface area contributed by atoms with Gasteiger partial charge in [0.05, 0.1) is 0 Å². The molecule has 0 bridgehead atoms. The first kappa shape index (κ1) is 13.8. The van der Waals surface area contributed by atoms with Crippen LogP contribution in [0.15, 0.2) is 30.3 Å². The maximum Gasteiger partial charge on any atom is 0.123 e. The second-order valence-electron chi connectivity index (χ2n) is 5.40. The van der Waals surface area contributed by atoms with Crippen LogP contribution < -0.4 is 5.32 Å². The van der Waals surface area contributed by atoms with E-state index in [1.807, 2.05) is 17.4 Å². The molecule has 0 saturated carbocycles. The van der Waals surface area contributed by atoms with E-state index < -0.39 is 0 Å². The minimum atomic E-state index is -0.147. The number of likely N-dealkylation sites (N-methyl/N-ethyl adjacent to an activating group) is 1. The molecule has 1 N–H and O–H groups in total. The summed E-state index contributed by atoms with van der Waals surface area (Å²) in [7, 11) is 0. The van der Waals surface area contributed by atoms with E-state index in [9.17, 15) is 4.39 Å². The molecule has 0 spiro atoms. The van der Waals surface area contributed by atoms with Gasteiger partial charge in [0.1, 0.15) is 5.82 Å². The fraction of sp³-hybridized carbons (Fsp3) is 0.412. The Labute approximate surface area is 123 Å². The lowest BCUT2D eigenvalue weighted by Crippen LogP contribution is -2.22. The second kappa shape index (κ2) is 6.06. The zero-order chi connectivity index (χ0) is 13.9. The minimum Gasteiger partial charge on any atom is -0.309 e. The van der Waals surface area contributed by atoms with Gasteiger partial charge in [-0.1, -0.05) is 19.1 Å². The van der Waals surface area contributed by atoms with E-state index in [0.29, 0.717) is 6.04 Å². The summed E-state index contributed by atoms with van der Waals surface area (Å²) in [6.45, 7) is 3.06. The molecule has 1 aromatic carbocycles. The quantitative estimate of drug-likeness (QED) is 0.867. The lowest BCUT2D eigenvalue weighted by atomic mass is 10.0. The van der Waals surface area contributed by atoms with E-state index >= 15 is 0 Å². The van der Waals surface area contributed by atoms with Crippen molar-refractivity contribution in [3.05, 3.63) is 57.0 Å². The third-order valence-corrected chi connectivity index (χ3v) is 5.24. The molecule has 3 rings (SSSR count). The topological polar surface area (TPSA) is 12.0 Å². The Balaban J connectivity index is 1.81. The molecule has 2 aromatic rings. The van der Waals surface area contributed by atoms with Gasteiger partial charge in [-0.2, -0.15) is 0 Å². The molecule has 20 heavy (non-hydrogen) atoms. The standard InChI is InChI=1S/C17H20FNS/c1-2-19-15(10-12-5-3-7-14(18)9-12)17-11-13-6-4-8-16(13)20-17/h3,5,7,9,11,15,19H,2,4,6,8,10H2,1H3. The Bertz CT molecular complexity index is 569. The summed E-state index contributed by atoms with van der Waals surface area (Å²) in [4.78, 5) is 2.96. The Hall–Kier alpha value is -1.19. The molecular weight excluding hydrogens is 269 g/mol. The number of benzene rings is 1. The molecule has 1 aromatic heterocycles. The first-order valence-corrected chi connectivity index (χ1v) is 8.17. The van der Waals surface area contributed by atoms with Crippen LogP contribution in [0.25, 0.3) is 0 Å². The molecule has 1 nitrogen and oxygen atoms in total. The summed E-state index contributed by atoms with van der Waals surface area (Å²) in [5, 5.41) is 3.54. The van der Waals surface area contributed by atoms with Crippen molar-refractivity contribution < 1.29 is 4.39 Å². The van der Waals surface area contributed by atoms with Crippen LogP contribution in [0, 0.1) is 5.82 Å². The van der Waals surface area contributed by atoms with Crippen molar-refractivity contribution in [2.75, 3.05) is 6.54 Å². The van der Waals surface area contributed by atoms with E-state index in [1.165, 1.54) is 35.8 Å². The number of hydrogen-bond donors (Lipinski definition) is 1. The smallest absolute Gasteiger partial charge is 0.123 e. The molecule has 0 fully saturated rings. The highest BCUT2D eigenvalue weighted by Gasteiger charge is 2.20. The van der Waals surface area contributed by atoms with E-state index in [1.54, 1.807) is 17.0 Å². The van der Waals surface area contributed by atoms with Crippen molar-refractivity contribution in [1.82, 2.24) is 5.32 Å². The Morgan fingerprint density at radius 3 is 2.95 bits per heavy atom. The molecule has 3 heteroatoms. The number of thiophene rings is 1. The van der Waals surface area contributed by atoms with E-state index in [4.69, 9.17) is 0 Å². The minimum absolute atomic E-state index is 0.147. The Kier molecular flexibility index (Phi) is 4.18. The van der Waals surface area contributed by atoms with Crippen molar-refractivity contribution in [2.45, 2.75) is 38.6 Å². The zero-order valence-corrected chi connectivity index (χ0v) is 12.6. The predicted octanol–water partition coefficient (Wildman–Crippen LogP) is 4.27. The van der Waals surface area contributed by atoms with Gasteiger partial charge >= 0.3 is 0 Å². The van der Waals surface area contributed by atoms with Crippen LogP contribution in [-0.4, -0.2) is 6.54 Å². The Morgan fingerprint density at radius 2 is 2.20 bits per heavy atom. The van der Waals surface area contributed by atoms with Gasteiger partial charge in [-0.25, -0.2) is 4.39 Å². The predicted molar refractivity (Wildman–Crippen MR) is 82.9 cm³/mol. The zero-order valence-electron chi connectivity index (χ0n) is 11.8. The molecule has 0 aliphatic heterocycles. The van der Waals surface area contributed by atoms with Crippen molar-refractivity contribution in [3.8, 4) is 0 Å². The molecule has 1 atom stereocenters. The van der Waals surface area contributed by atoms with Gasteiger partial charge in [0.25, 0.3) is 0 Å².